The van der Waals surface area contributed by atoms with Crippen molar-refractivity contribution >= 4 is 11.8 Å². The topological polar surface area (TPSA) is 91.5 Å². The van der Waals surface area contributed by atoms with Crippen LogP contribution in [0.2, 0.25) is 0 Å². The van der Waals surface area contributed by atoms with E-state index in [0.29, 0.717) is 43.7 Å². The minimum absolute atomic E-state index is 0.00918. The van der Waals surface area contributed by atoms with Crippen LogP contribution in [0.4, 0.5) is 0 Å². The van der Waals surface area contributed by atoms with E-state index in [2.05, 4.69) is 10.3 Å². The predicted molar refractivity (Wildman–Crippen MR) is 105 cm³/mol. The van der Waals surface area contributed by atoms with Gasteiger partial charge in [-0.15, -0.1) is 0 Å². The molecule has 1 aliphatic heterocycles. The number of pyridine rings is 1. The summed E-state index contributed by atoms with van der Waals surface area (Å²) in [4.78, 5) is 41.0. The molecule has 0 aliphatic carbocycles. The smallest absolute Gasteiger partial charge is 0.254 e. The molecule has 1 aromatic carbocycles. The summed E-state index contributed by atoms with van der Waals surface area (Å²) in [7, 11) is 1.62. The number of aromatic nitrogens is 1. The number of carbonyl (C=O) groups excluding carboxylic acids is 2. The lowest BCUT2D eigenvalue weighted by atomic mass is 9.95. The highest BCUT2D eigenvalue weighted by Gasteiger charge is 2.27. The fourth-order valence-corrected chi connectivity index (χ4v) is 3.41. The molecule has 7 heteroatoms. The summed E-state index contributed by atoms with van der Waals surface area (Å²) in [6.45, 7) is 3.22. The second kappa shape index (κ2) is 8.73. The molecule has 0 radical (unpaired) electrons. The summed E-state index contributed by atoms with van der Waals surface area (Å²) in [6.07, 6.45) is 1.23. The van der Waals surface area contributed by atoms with E-state index in [-0.39, 0.29) is 23.3 Å². The van der Waals surface area contributed by atoms with Crippen molar-refractivity contribution in [3.8, 4) is 5.75 Å². The molecule has 1 fully saturated rings. The van der Waals surface area contributed by atoms with Gasteiger partial charge in [-0.25, -0.2) is 0 Å². The van der Waals surface area contributed by atoms with Crippen LogP contribution in [0.5, 0.6) is 5.75 Å². The zero-order chi connectivity index (χ0) is 20.1. The molecule has 1 saturated heterocycles. The van der Waals surface area contributed by atoms with Crippen LogP contribution < -0.4 is 15.6 Å². The summed E-state index contributed by atoms with van der Waals surface area (Å²) >= 11 is 0. The third kappa shape index (κ3) is 4.79. The lowest BCUT2D eigenvalue weighted by molar-refractivity contribution is -0.126. The van der Waals surface area contributed by atoms with Crippen molar-refractivity contribution in [1.29, 1.82) is 0 Å². The van der Waals surface area contributed by atoms with Crippen LogP contribution in [0.1, 0.15) is 34.5 Å². The number of hydrogen-bond donors (Lipinski definition) is 2. The molecule has 3 rings (SSSR count). The molecule has 1 aromatic heterocycles. The van der Waals surface area contributed by atoms with Gasteiger partial charge in [-0.3, -0.25) is 14.4 Å². The number of aromatic amines is 1. The van der Waals surface area contributed by atoms with Gasteiger partial charge in [0, 0.05) is 42.9 Å². The molecule has 2 N–H and O–H groups in total. The Morgan fingerprint density at radius 3 is 2.46 bits per heavy atom. The molecule has 2 amide bonds. The number of nitrogens with zero attached hydrogens (tertiary/aromatic N) is 1. The SMILES string of the molecule is COc1ccc(CNC(=O)C2CCN(C(=O)c3cc(C)[nH]c(=O)c3)CC2)cc1. The molecule has 0 saturated carbocycles. The molecule has 148 valence electrons. The summed E-state index contributed by atoms with van der Waals surface area (Å²) < 4.78 is 5.13. The highest BCUT2D eigenvalue weighted by Crippen LogP contribution is 2.19. The van der Waals surface area contributed by atoms with Crippen LogP contribution in [0.15, 0.2) is 41.2 Å². The highest BCUT2D eigenvalue weighted by molar-refractivity contribution is 5.94. The van der Waals surface area contributed by atoms with Crippen LogP contribution in [0.3, 0.4) is 0 Å². The first-order valence-electron chi connectivity index (χ1n) is 9.37. The van der Waals surface area contributed by atoms with Crippen molar-refractivity contribution in [2.24, 2.45) is 5.92 Å². The van der Waals surface area contributed by atoms with Crippen molar-refractivity contribution in [2.45, 2.75) is 26.3 Å². The Morgan fingerprint density at radius 2 is 1.86 bits per heavy atom. The van der Waals surface area contributed by atoms with E-state index in [4.69, 9.17) is 4.74 Å². The fraction of sp³-hybridized carbons (Fsp3) is 0.381. The summed E-state index contributed by atoms with van der Waals surface area (Å²) in [5.74, 6) is 0.520. The fourth-order valence-electron chi connectivity index (χ4n) is 3.41. The van der Waals surface area contributed by atoms with Gasteiger partial charge in [-0.05, 0) is 43.5 Å². The predicted octanol–water partition coefficient (Wildman–Crippen LogP) is 1.86. The Balaban J connectivity index is 1.50. The highest BCUT2D eigenvalue weighted by atomic mass is 16.5. The Hall–Kier alpha value is -3.09. The number of ether oxygens (including phenoxy) is 1. The summed E-state index contributed by atoms with van der Waals surface area (Å²) in [5.41, 5.74) is 1.77. The number of methoxy groups -OCH3 is 1. The lowest BCUT2D eigenvalue weighted by Gasteiger charge is -2.31. The quantitative estimate of drug-likeness (QED) is 0.824. The number of piperidine rings is 1. The van der Waals surface area contributed by atoms with E-state index < -0.39 is 0 Å². The number of amides is 2. The van der Waals surface area contributed by atoms with Gasteiger partial charge in [-0.1, -0.05) is 12.1 Å². The van der Waals surface area contributed by atoms with Gasteiger partial charge in [0.1, 0.15) is 5.75 Å². The van der Waals surface area contributed by atoms with Crippen LogP contribution in [0, 0.1) is 12.8 Å². The van der Waals surface area contributed by atoms with E-state index in [1.54, 1.807) is 25.0 Å². The minimum Gasteiger partial charge on any atom is -0.497 e. The molecule has 0 atom stereocenters. The molecular formula is C21H25N3O4. The third-order valence-electron chi connectivity index (χ3n) is 5.00. The minimum atomic E-state index is -0.281. The second-order valence-corrected chi connectivity index (χ2v) is 7.05. The van der Waals surface area contributed by atoms with E-state index in [9.17, 15) is 14.4 Å². The monoisotopic (exact) mass is 383 g/mol. The van der Waals surface area contributed by atoms with Gasteiger partial charge < -0.3 is 19.9 Å². The maximum Gasteiger partial charge on any atom is 0.254 e. The van der Waals surface area contributed by atoms with Crippen molar-refractivity contribution in [3.63, 3.8) is 0 Å². The Bertz CT molecular complexity index is 897. The lowest BCUT2D eigenvalue weighted by Crippen LogP contribution is -2.43. The largest absolute Gasteiger partial charge is 0.497 e. The van der Waals surface area contributed by atoms with Gasteiger partial charge >= 0.3 is 0 Å². The summed E-state index contributed by atoms with van der Waals surface area (Å²) in [6, 6.07) is 10.6. The molecule has 2 heterocycles. The molecule has 28 heavy (non-hydrogen) atoms. The van der Waals surface area contributed by atoms with Crippen molar-refractivity contribution < 1.29 is 14.3 Å². The number of hydrogen-bond acceptors (Lipinski definition) is 4. The molecule has 0 spiro atoms. The first kappa shape index (κ1) is 19.7. The maximum atomic E-state index is 12.6. The first-order valence-corrected chi connectivity index (χ1v) is 9.37. The zero-order valence-electron chi connectivity index (χ0n) is 16.2. The van der Waals surface area contributed by atoms with Crippen molar-refractivity contribution in [3.05, 3.63) is 63.6 Å². The Morgan fingerprint density at radius 1 is 1.18 bits per heavy atom. The average Bonchev–Trinajstić information content (AvgIpc) is 2.71. The summed E-state index contributed by atoms with van der Waals surface area (Å²) in [5, 5.41) is 2.97. The number of rotatable bonds is 5. The molecule has 1 aliphatic rings. The zero-order valence-corrected chi connectivity index (χ0v) is 16.2. The standard InChI is InChI=1S/C21H25N3O4/c1-14-11-17(12-19(25)23-14)21(27)24-9-7-16(8-10-24)20(26)22-13-15-3-5-18(28-2)6-4-15/h3-6,11-12,16H,7-10,13H2,1-2H3,(H,22,26)(H,23,25). The molecule has 2 aromatic rings. The average molecular weight is 383 g/mol. The first-order chi connectivity index (χ1) is 13.5. The number of aryl methyl sites for hydroxylation is 1. The normalized spacial score (nSPS) is 14.6. The molecule has 0 bridgehead atoms. The Labute approximate surface area is 163 Å². The van der Waals surface area contributed by atoms with E-state index in [0.717, 1.165) is 11.3 Å². The number of carbonyl (C=O) groups is 2. The van der Waals surface area contributed by atoms with E-state index in [1.807, 2.05) is 24.3 Å². The van der Waals surface area contributed by atoms with Crippen LogP contribution >= 0.6 is 0 Å². The van der Waals surface area contributed by atoms with Gasteiger partial charge in [0.15, 0.2) is 0 Å². The molecule has 7 nitrogen and oxygen atoms in total. The van der Waals surface area contributed by atoms with E-state index in [1.165, 1.54) is 6.07 Å². The van der Waals surface area contributed by atoms with Crippen molar-refractivity contribution in [2.75, 3.05) is 20.2 Å². The second-order valence-electron chi connectivity index (χ2n) is 7.05. The number of nitrogens with one attached hydrogen (secondary N) is 2. The number of benzene rings is 1. The van der Waals surface area contributed by atoms with E-state index >= 15 is 0 Å². The van der Waals surface area contributed by atoms with Gasteiger partial charge in [0.2, 0.25) is 11.5 Å². The van der Waals surface area contributed by atoms with Gasteiger partial charge in [0.25, 0.3) is 5.91 Å². The van der Waals surface area contributed by atoms with Crippen LogP contribution in [-0.2, 0) is 11.3 Å². The van der Waals surface area contributed by atoms with Crippen LogP contribution in [0.25, 0.3) is 0 Å². The van der Waals surface area contributed by atoms with Crippen LogP contribution in [-0.4, -0.2) is 41.9 Å². The number of likely N-dealkylation sites (tertiary alicyclic amines) is 1. The maximum absolute atomic E-state index is 12.6. The molecule has 0 unspecified atom stereocenters. The van der Waals surface area contributed by atoms with Gasteiger partial charge in [-0.2, -0.15) is 0 Å². The van der Waals surface area contributed by atoms with Gasteiger partial charge in [0.05, 0.1) is 7.11 Å². The molecular weight excluding hydrogens is 358 g/mol. The number of H-pyrrole nitrogens is 1. The third-order valence-corrected chi connectivity index (χ3v) is 5.00. The van der Waals surface area contributed by atoms with Crippen molar-refractivity contribution in [1.82, 2.24) is 15.2 Å². The Kier molecular flexibility index (Phi) is 6.13.